The van der Waals surface area contributed by atoms with Crippen LogP contribution in [-0.2, 0) is 9.59 Å². The molecule has 2 heterocycles. The Hall–Kier alpha value is -3.94. The minimum absolute atomic E-state index is 0.0294. The largest absolute Gasteiger partial charge is 0.491 e. The highest BCUT2D eigenvalue weighted by molar-refractivity contribution is 6.04. The van der Waals surface area contributed by atoms with Gasteiger partial charge in [0.25, 0.3) is 5.91 Å². The zero-order chi connectivity index (χ0) is 26.9. The van der Waals surface area contributed by atoms with E-state index < -0.39 is 6.10 Å². The molecule has 0 radical (unpaired) electrons. The van der Waals surface area contributed by atoms with Crippen molar-refractivity contribution in [1.29, 1.82) is 5.26 Å². The van der Waals surface area contributed by atoms with Crippen molar-refractivity contribution in [1.82, 2.24) is 15.6 Å². The molecule has 2 aliphatic heterocycles. The van der Waals surface area contributed by atoms with E-state index in [9.17, 15) is 14.7 Å². The molecule has 2 amide bonds. The van der Waals surface area contributed by atoms with Crippen LogP contribution in [-0.4, -0.2) is 72.5 Å². The number of nitrogens with zero attached hydrogens (tertiary/aromatic N) is 3. The van der Waals surface area contributed by atoms with Crippen molar-refractivity contribution in [3.8, 4) is 17.6 Å². The predicted molar refractivity (Wildman–Crippen MR) is 141 cm³/mol. The van der Waals surface area contributed by atoms with Crippen LogP contribution in [0.4, 0.5) is 0 Å². The maximum Gasteiger partial charge on any atom is 0.260 e. The highest BCUT2D eigenvalue weighted by atomic mass is 16.5. The number of likely N-dealkylation sites (tertiary alicyclic amines) is 1. The molecule has 2 aromatic carbocycles. The van der Waals surface area contributed by atoms with Crippen molar-refractivity contribution < 1.29 is 24.2 Å². The van der Waals surface area contributed by atoms with Gasteiger partial charge in [0, 0.05) is 38.5 Å². The molecule has 10 heteroatoms. The molecule has 1 fully saturated rings. The number of aliphatic hydroxyl groups excluding tert-OH is 1. The first-order valence-electron chi connectivity index (χ1n) is 12.8. The third-order valence-electron chi connectivity index (χ3n) is 6.66. The number of piperidine rings is 1. The van der Waals surface area contributed by atoms with Crippen LogP contribution in [0.1, 0.15) is 42.4 Å². The van der Waals surface area contributed by atoms with E-state index in [4.69, 9.17) is 14.7 Å². The summed E-state index contributed by atoms with van der Waals surface area (Å²) in [5.74, 6) is 1.07. The van der Waals surface area contributed by atoms with Crippen LogP contribution in [0.25, 0.3) is 0 Å². The topological polar surface area (TPSA) is 136 Å². The summed E-state index contributed by atoms with van der Waals surface area (Å²) in [6, 6.07) is 14.8. The summed E-state index contributed by atoms with van der Waals surface area (Å²) in [4.78, 5) is 25.8. The molecule has 0 spiro atoms. The lowest BCUT2D eigenvalue weighted by atomic mass is 10.0. The molecule has 38 heavy (non-hydrogen) atoms. The minimum Gasteiger partial charge on any atom is -0.491 e. The maximum absolute atomic E-state index is 12.7. The summed E-state index contributed by atoms with van der Waals surface area (Å²) in [6.45, 7) is 3.65. The lowest BCUT2D eigenvalue weighted by Gasteiger charge is -2.33. The first kappa shape index (κ1) is 27.1. The molecule has 3 N–H and O–H groups in total. The van der Waals surface area contributed by atoms with Crippen LogP contribution < -0.4 is 20.2 Å². The SMILES string of the molecule is Cc1cc(C2=NNC(=O)CC2)ccc1OCC(=O)N1CCC(NC[C@H](O)COc2cccc(C#N)c2)CC1. The van der Waals surface area contributed by atoms with Crippen molar-refractivity contribution >= 4 is 17.5 Å². The van der Waals surface area contributed by atoms with Gasteiger partial charge in [-0.15, -0.1) is 0 Å². The summed E-state index contributed by atoms with van der Waals surface area (Å²) in [6.07, 6.45) is 1.91. The van der Waals surface area contributed by atoms with Gasteiger partial charge in [0.05, 0.1) is 17.3 Å². The van der Waals surface area contributed by atoms with E-state index in [2.05, 4.69) is 21.9 Å². The smallest absolute Gasteiger partial charge is 0.260 e. The lowest BCUT2D eigenvalue weighted by molar-refractivity contribution is -0.134. The van der Waals surface area contributed by atoms with E-state index in [-0.39, 0.29) is 31.1 Å². The fourth-order valence-electron chi connectivity index (χ4n) is 4.45. The fraction of sp³-hybridized carbons (Fsp3) is 0.429. The average molecular weight is 520 g/mol. The summed E-state index contributed by atoms with van der Waals surface area (Å²) >= 11 is 0. The molecule has 200 valence electrons. The van der Waals surface area contributed by atoms with Gasteiger partial charge in [-0.05, 0) is 67.3 Å². The number of nitrogens with one attached hydrogen (secondary N) is 2. The Morgan fingerprint density at radius 2 is 2.05 bits per heavy atom. The number of aliphatic hydroxyl groups is 1. The van der Waals surface area contributed by atoms with Crippen LogP contribution in [0.15, 0.2) is 47.6 Å². The van der Waals surface area contributed by atoms with Crippen molar-refractivity contribution in [2.24, 2.45) is 5.10 Å². The molecule has 0 aromatic heterocycles. The molecule has 2 aliphatic rings. The number of nitriles is 1. The van der Waals surface area contributed by atoms with E-state index in [0.717, 1.165) is 29.7 Å². The number of rotatable bonds is 10. The van der Waals surface area contributed by atoms with E-state index in [1.165, 1.54) is 0 Å². The highest BCUT2D eigenvalue weighted by Gasteiger charge is 2.23. The van der Waals surface area contributed by atoms with Gasteiger partial charge in [-0.1, -0.05) is 6.07 Å². The minimum atomic E-state index is -0.688. The number of aryl methyl sites for hydroxylation is 1. The maximum atomic E-state index is 12.7. The van der Waals surface area contributed by atoms with Gasteiger partial charge < -0.3 is 24.8 Å². The third-order valence-corrected chi connectivity index (χ3v) is 6.66. The molecular formula is C28H33N5O5. The normalized spacial score (nSPS) is 16.7. The van der Waals surface area contributed by atoms with Crippen LogP contribution in [0.2, 0.25) is 0 Å². The number of benzene rings is 2. The summed E-state index contributed by atoms with van der Waals surface area (Å²) < 4.78 is 11.4. The summed E-state index contributed by atoms with van der Waals surface area (Å²) in [5.41, 5.74) is 5.68. The number of carbonyl (C=O) groups excluding carboxylic acids is 2. The molecule has 0 bridgehead atoms. The third kappa shape index (κ3) is 7.54. The van der Waals surface area contributed by atoms with Crippen molar-refractivity contribution in [3.05, 3.63) is 59.2 Å². The molecule has 4 rings (SSSR count). The molecular weight excluding hydrogens is 486 g/mol. The second-order valence-electron chi connectivity index (χ2n) is 9.53. The zero-order valence-electron chi connectivity index (χ0n) is 21.5. The highest BCUT2D eigenvalue weighted by Crippen LogP contribution is 2.22. The number of ether oxygens (including phenoxy) is 2. The zero-order valence-corrected chi connectivity index (χ0v) is 21.5. The van der Waals surface area contributed by atoms with E-state index in [0.29, 0.717) is 49.5 Å². The van der Waals surface area contributed by atoms with E-state index in [1.54, 1.807) is 24.3 Å². The molecule has 0 aliphatic carbocycles. The Balaban J connectivity index is 1.15. The monoisotopic (exact) mass is 519 g/mol. The predicted octanol–water partition coefficient (Wildman–Crippen LogP) is 1.88. The summed E-state index contributed by atoms with van der Waals surface area (Å²) in [5, 5.41) is 26.7. The second-order valence-corrected chi connectivity index (χ2v) is 9.53. The van der Waals surface area contributed by atoms with Gasteiger partial charge in [-0.3, -0.25) is 9.59 Å². The number of carbonyl (C=O) groups is 2. The molecule has 10 nitrogen and oxygen atoms in total. The van der Waals surface area contributed by atoms with E-state index in [1.807, 2.05) is 30.0 Å². The summed E-state index contributed by atoms with van der Waals surface area (Å²) in [7, 11) is 0. The fourth-order valence-corrected chi connectivity index (χ4v) is 4.45. The Labute approximate surface area is 222 Å². The Morgan fingerprint density at radius 1 is 1.24 bits per heavy atom. The lowest BCUT2D eigenvalue weighted by Crippen LogP contribution is -2.48. The van der Waals surface area contributed by atoms with Gasteiger partial charge in [0.15, 0.2) is 6.61 Å². The standard InChI is InChI=1S/C28H33N5O5/c1-19-13-21(25-6-8-27(35)32-31-25)5-7-26(19)38-18-28(36)33-11-9-22(10-12-33)30-16-23(34)17-37-24-4-2-3-20(14-24)15-29/h2-5,7,13-14,22-23,30,34H,6,8-12,16-18H2,1H3,(H,32,35)/t23-/m0/s1. The molecule has 2 aromatic rings. The van der Waals surface area contributed by atoms with Gasteiger partial charge in [0.1, 0.15) is 24.2 Å². The second kappa shape index (κ2) is 13.0. The number of hydrogen-bond acceptors (Lipinski definition) is 8. The van der Waals surface area contributed by atoms with Crippen molar-refractivity contribution in [2.75, 3.05) is 32.8 Å². The van der Waals surface area contributed by atoms with Gasteiger partial charge in [-0.2, -0.15) is 10.4 Å². The Bertz CT molecular complexity index is 1220. The van der Waals surface area contributed by atoms with Crippen LogP contribution in [0, 0.1) is 18.3 Å². The first-order chi connectivity index (χ1) is 18.4. The first-order valence-corrected chi connectivity index (χ1v) is 12.8. The number of hydrazone groups is 1. The van der Waals surface area contributed by atoms with Gasteiger partial charge in [-0.25, -0.2) is 5.43 Å². The van der Waals surface area contributed by atoms with Gasteiger partial charge in [0.2, 0.25) is 5.91 Å². The molecule has 1 saturated heterocycles. The van der Waals surface area contributed by atoms with Crippen LogP contribution >= 0.6 is 0 Å². The Kier molecular flexibility index (Phi) is 9.30. The molecule has 1 atom stereocenters. The number of amides is 2. The van der Waals surface area contributed by atoms with Gasteiger partial charge >= 0.3 is 0 Å². The molecule has 0 unspecified atom stereocenters. The van der Waals surface area contributed by atoms with Crippen molar-refractivity contribution in [2.45, 2.75) is 44.8 Å². The van der Waals surface area contributed by atoms with Crippen molar-refractivity contribution in [3.63, 3.8) is 0 Å². The number of hydrogen-bond donors (Lipinski definition) is 3. The Morgan fingerprint density at radius 3 is 2.76 bits per heavy atom. The average Bonchev–Trinajstić information content (AvgIpc) is 2.95. The van der Waals surface area contributed by atoms with E-state index >= 15 is 0 Å². The van der Waals surface area contributed by atoms with Crippen LogP contribution in [0.5, 0.6) is 11.5 Å². The van der Waals surface area contributed by atoms with Crippen LogP contribution in [0.3, 0.4) is 0 Å². The molecule has 0 saturated carbocycles. The quantitative estimate of drug-likeness (QED) is 0.436.